The summed E-state index contributed by atoms with van der Waals surface area (Å²) in [7, 11) is 0. The lowest BCUT2D eigenvalue weighted by molar-refractivity contribution is -0.120. The first-order chi connectivity index (χ1) is 12.5. The number of nitrogens with zero attached hydrogens (tertiary/aromatic N) is 1. The van der Waals surface area contributed by atoms with E-state index in [1.165, 1.54) is 12.1 Å². The summed E-state index contributed by atoms with van der Waals surface area (Å²) in [6.45, 7) is 2.67. The molecular formula is C19H18ClFN2O3. The van der Waals surface area contributed by atoms with Crippen LogP contribution in [0.5, 0.6) is 11.5 Å². The van der Waals surface area contributed by atoms with Crippen LogP contribution in [0.15, 0.2) is 36.4 Å². The predicted molar refractivity (Wildman–Crippen MR) is 95.4 cm³/mol. The molecule has 0 aliphatic carbocycles. The van der Waals surface area contributed by atoms with E-state index in [4.69, 9.17) is 26.3 Å². The van der Waals surface area contributed by atoms with E-state index in [-0.39, 0.29) is 31.3 Å². The molecule has 0 radical (unpaired) electrons. The van der Waals surface area contributed by atoms with E-state index in [0.717, 1.165) is 11.1 Å². The van der Waals surface area contributed by atoms with Gasteiger partial charge >= 0.3 is 0 Å². The molecule has 2 rings (SSSR count). The number of carbonyl (C=O) groups excluding carboxylic acids is 1. The Labute approximate surface area is 156 Å². The Morgan fingerprint density at radius 3 is 2.62 bits per heavy atom. The molecule has 7 heteroatoms. The first-order valence-electron chi connectivity index (χ1n) is 7.99. The second-order valence-electron chi connectivity index (χ2n) is 5.36. The van der Waals surface area contributed by atoms with Gasteiger partial charge in [-0.05, 0) is 42.3 Å². The van der Waals surface area contributed by atoms with Crippen molar-refractivity contribution in [1.82, 2.24) is 5.32 Å². The number of hydrogen-bond acceptors (Lipinski definition) is 4. The normalized spacial score (nSPS) is 10.1. The Hall–Kier alpha value is -2.78. The number of nitrogens with one attached hydrogen (secondary N) is 1. The van der Waals surface area contributed by atoms with E-state index < -0.39 is 0 Å². The molecule has 0 bridgehead atoms. The molecule has 5 nitrogen and oxygen atoms in total. The molecule has 0 saturated carbocycles. The van der Waals surface area contributed by atoms with Gasteiger partial charge in [0.25, 0.3) is 0 Å². The molecular weight excluding hydrogens is 359 g/mol. The molecule has 0 spiro atoms. The number of hydrogen-bond donors (Lipinski definition) is 1. The number of carbonyl (C=O) groups is 1. The SMILES string of the molecule is CCOc1cc(CNC(=O)CC#N)cc(Cl)c1OCc1ccc(F)cc1. The first kappa shape index (κ1) is 19.5. The minimum Gasteiger partial charge on any atom is -0.490 e. The van der Waals surface area contributed by atoms with Crippen LogP contribution in [0.2, 0.25) is 5.02 Å². The van der Waals surface area contributed by atoms with Crippen LogP contribution < -0.4 is 14.8 Å². The van der Waals surface area contributed by atoms with Gasteiger partial charge in [0.2, 0.25) is 5.91 Å². The molecule has 0 saturated heterocycles. The average Bonchev–Trinajstić information content (AvgIpc) is 2.61. The average molecular weight is 377 g/mol. The molecule has 0 aliphatic rings. The minimum absolute atomic E-state index is 0.203. The van der Waals surface area contributed by atoms with Gasteiger partial charge in [-0.3, -0.25) is 4.79 Å². The van der Waals surface area contributed by atoms with Gasteiger partial charge in [-0.25, -0.2) is 4.39 Å². The topological polar surface area (TPSA) is 71.3 Å². The molecule has 1 amide bonds. The van der Waals surface area contributed by atoms with Crippen molar-refractivity contribution in [2.45, 2.75) is 26.5 Å². The molecule has 136 valence electrons. The van der Waals surface area contributed by atoms with Crippen LogP contribution in [0.1, 0.15) is 24.5 Å². The van der Waals surface area contributed by atoms with Gasteiger partial charge in [0.05, 0.1) is 17.7 Å². The highest BCUT2D eigenvalue weighted by molar-refractivity contribution is 6.32. The molecule has 0 aromatic heterocycles. The number of nitriles is 1. The summed E-state index contributed by atoms with van der Waals surface area (Å²) in [5.74, 6) is 0.152. The van der Waals surface area contributed by atoms with Gasteiger partial charge in [-0.1, -0.05) is 23.7 Å². The molecule has 26 heavy (non-hydrogen) atoms. The standard InChI is InChI=1S/C19H18ClFN2O3/c1-2-25-17-10-14(11-23-18(24)7-8-22)9-16(20)19(17)26-12-13-3-5-15(21)6-4-13/h3-6,9-10H,2,7,11-12H2,1H3,(H,23,24). The monoisotopic (exact) mass is 376 g/mol. The van der Waals surface area contributed by atoms with Crippen molar-refractivity contribution in [3.63, 3.8) is 0 Å². The van der Waals surface area contributed by atoms with Gasteiger partial charge in [-0.15, -0.1) is 0 Å². The Morgan fingerprint density at radius 2 is 1.96 bits per heavy atom. The van der Waals surface area contributed by atoms with Gasteiger partial charge < -0.3 is 14.8 Å². The zero-order valence-corrected chi connectivity index (χ0v) is 15.0. The molecule has 1 N–H and O–H groups in total. The summed E-state index contributed by atoms with van der Waals surface area (Å²) in [4.78, 5) is 11.4. The third-order valence-electron chi connectivity index (χ3n) is 3.39. The largest absolute Gasteiger partial charge is 0.490 e. The molecule has 0 unspecified atom stereocenters. The minimum atomic E-state index is -0.363. The summed E-state index contributed by atoms with van der Waals surface area (Å²) in [5.41, 5.74) is 1.51. The fourth-order valence-electron chi connectivity index (χ4n) is 2.20. The maximum atomic E-state index is 13.0. The van der Waals surface area contributed by atoms with Gasteiger partial charge in [0.1, 0.15) is 18.8 Å². The Balaban J connectivity index is 2.13. The number of rotatable bonds is 8. The van der Waals surface area contributed by atoms with E-state index >= 15 is 0 Å². The van der Waals surface area contributed by atoms with Crippen molar-refractivity contribution in [3.8, 4) is 17.6 Å². The Bertz CT molecular complexity index is 804. The van der Waals surface area contributed by atoms with Crippen molar-refractivity contribution >= 4 is 17.5 Å². The summed E-state index contributed by atoms with van der Waals surface area (Å²) in [6, 6.07) is 11.1. The summed E-state index contributed by atoms with van der Waals surface area (Å²) in [5, 5.41) is 11.5. The molecule has 0 atom stereocenters. The van der Waals surface area contributed by atoms with Crippen molar-refractivity contribution in [3.05, 3.63) is 58.4 Å². The lowest BCUT2D eigenvalue weighted by Crippen LogP contribution is -2.21. The molecule has 0 heterocycles. The number of benzene rings is 2. The van der Waals surface area contributed by atoms with Gasteiger partial charge in [-0.2, -0.15) is 5.26 Å². The predicted octanol–water partition coefficient (Wildman–Crippen LogP) is 3.99. The second kappa shape index (κ2) is 9.64. The highest BCUT2D eigenvalue weighted by Gasteiger charge is 2.13. The van der Waals surface area contributed by atoms with Crippen molar-refractivity contribution in [2.24, 2.45) is 0 Å². The number of halogens is 2. The van der Waals surface area contributed by atoms with E-state index in [9.17, 15) is 9.18 Å². The fraction of sp³-hybridized carbons (Fsp3) is 0.263. The maximum Gasteiger partial charge on any atom is 0.234 e. The van der Waals surface area contributed by atoms with E-state index in [1.807, 2.05) is 6.92 Å². The van der Waals surface area contributed by atoms with Gasteiger partial charge in [0.15, 0.2) is 11.5 Å². The van der Waals surface area contributed by atoms with Gasteiger partial charge in [0, 0.05) is 6.54 Å². The van der Waals surface area contributed by atoms with E-state index in [1.54, 1.807) is 30.3 Å². The summed E-state index contributed by atoms with van der Waals surface area (Å²) in [6.07, 6.45) is -0.203. The highest BCUT2D eigenvalue weighted by atomic mass is 35.5. The molecule has 2 aromatic rings. The van der Waals surface area contributed by atoms with E-state index in [0.29, 0.717) is 23.1 Å². The fourth-order valence-corrected chi connectivity index (χ4v) is 2.49. The van der Waals surface area contributed by atoms with Crippen LogP contribution in [0.25, 0.3) is 0 Å². The van der Waals surface area contributed by atoms with Crippen molar-refractivity contribution in [1.29, 1.82) is 5.26 Å². The summed E-state index contributed by atoms with van der Waals surface area (Å²) >= 11 is 6.31. The molecule has 2 aromatic carbocycles. The molecule has 0 fully saturated rings. The third kappa shape index (κ3) is 5.64. The van der Waals surface area contributed by atoms with Crippen LogP contribution in [0, 0.1) is 17.1 Å². The molecule has 0 aliphatic heterocycles. The summed E-state index contributed by atoms with van der Waals surface area (Å²) < 4.78 is 24.3. The highest BCUT2D eigenvalue weighted by Crippen LogP contribution is 2.37. The zero-order chi connectivity index (χ0) is 18.9. The van der Waals surface area contributed by atoms with Crippen LogP contribution in [-0.4, -0.2) is 12.5 Å². The van der Waals surface area contributed by atoms with Crippen molar-refractivity contribution in [2.75, 3.05) is 6.61 Å². The zero-order valence-electron chi connectivity index (χ0n) is 14.2. The second-order valence-corrected chi connectivity index (χ2v) is 5.77. The van der Waals surface area contributed by atoms with Crippen LogP contribution in [-0.2, 0) is 17.9 Å². The smallest absolute Gasteiger partial charge is 0.234 e. The lowest BCUT2D eigenvalue weighted by atomic mass is 10.2. The quantitative estimate of drug-likeness (QED) is 0.756. The maximum absolute atomic E-state index is 13.0. The van der Waals surface area contributed by atoms with Crippen LogP contribution >= 0.6 is 11.6 Å². The van der Waals surface area contributed by atoms with Crippen molar-refractivity contribution < 1.29 is 18.7 Å². The third-order valence-corrected chi connectivity index (χ3v) is 3.68. The number of ether oxygens (including phenoxy) is 2. The Kier molecular flexibility index (Phi) is 7.24. The number of amides is 1. The van der Waals surface area contributed by atoms with Crippen LogP contribution in [0.3, 0.4) is 0 Å². The lowest BCUT2D eigenvalue weighted by Gasteiger charge is -2.15. The van der Waals surface area contributed by atoms with E-state index in [2.05, 4.69) is 5.32 Å². The Morgan fingerprint density at radius 1 is 1.23 bits per heavy atom. The van der Waals surface area contributed by atoms with Crippen LogP contribution in [0.4, 0.5) is 4.39 Å². The first-order valence-corrected chi connectivity index (χ1v) is 8.37.